The van der Waals surface area contributed by atoms with E-state index in [1.165, 1.54) is 0 Å². The van der Waals surface area contributed by atoms with Crippen LogP contribution in [0.25, 0.3) is 22.8 Å². The van der Waals surface area contributed by atoms with Gasteiger partial charge in [0.05, 0.1) is 24.6 Å². The molecule has 144 valence electrons. The fraction of sp³-hybridized carbons (Fsp3) is 0.0435. The van der Waals surface area contributed by atoms with E-state index in [1.807, 2.05) is 66.7 Å². The zero-order chi connectivity index (χ0) is 20.2. The van der Waals surface area contributed by atoms with Crippen molar-refractivity contribution < 1.29 is 13.9 Å². The second-order valence-electron chi connectivity index (χ2n) is 6.24. The molecule has 5 nitrogen and oxygen atoms in total. The zero-order valence-electron chi connectivity index (χ0n) is 15.6. The van der Waals surface area contributed by atoms with E-state index in [1.54, 1.807) is 19.4 Å². The molecule has 0 saturated carbocycles. The third-order valence-electron chi connectivity index (χ3n) is 4.40. The van der Waals surface area contributed by atoms with Crippen LogP contribution < -0.4 is 10.1 Å². The average Bonchev–Trinajstić information content (AvgIpc) is 3.25. The number of aromatic nitrogens is 1. The lowest BCUT2D eigenvalue weighted by molar-refractivity contribution is 0.102. The fourth-order valence-corrected chi connectivity index (χ4v) is 3.29. The van der Waals surface area contributed by atoms with Gasteiger partial charge in [0.25, 0.3) is 5.91 Å². The van der Waals surface area contributed by atoms with Gasteiger partial charge in [-0.25, -0.2) is 4.98 Å². The third-order valence-corrected chi connectivity index (χ3v) is 5.10. The van der Waals surface area contributed by atoms with Crippen molar-refractivity contribution in [1.29, 1.82) is 0 Å². The highest BCUT2D eigenvalue weighted by atomic mass is 79.9. The number of rotatable bonds is 5. The minimum atomic E-state index is -0.239. The number of anilines is 1. The summed E-state index contributed by atoms with van der Waals surface area (Å²) in [5.41, 5.74) is 2.67. The molecule has 1 heterocycles. The van der Waals surface area contributed by atoms with E-state index in [-0.39, 0.29) is 5.91 Å². The summed E-state index contributed by atoms with van der Waals surface area (Å²) < 4.78 is 11.9. The van der Waals surface area contributed by atoms with Gasteiger partial charge in [0.1, 0.15) is 5.75 Å². The number of nitrogens with one attached hydrogen (secondary N) is 1. The first-order chi connectivity index (χ1) is 14.2. The normalized spacial score (nSPS) is 10.6. The highest BCUT2D eigenvalue weighted by Crippen LogP contribution is 2.30. The summed E-state index contributed by atoms with van der Waals surface area (Å²) in [6.45, 7) is 0. The van der Waals surface area contributed by atoms with E-state index >= 15 is 0 Å². The van der Waals surface area contributed by atoms with Crippen LogP contribution in [0.5, 0.6) is 5.75 Å². The molecular weight excluding hydrogens is 432 g/mol. The molecule has 3 aromatic carbocycles. The summed E-state index contributed by atoms with van der Waals surface area (Å²) in [5, 5.41) is 2.92. The van der Waals surface area contributed by atoms with Crippen LogP contribution in [-0.2, 0) is 0 Å². The van der Waals surface area contributed by atoms with Crippen LogP contribution in [0.15, 0.2) is 87.9 Å². The molecule has 0 saturated heterocycles. The molecule has 1 amide bonds. The van der Waals surface area contributed by atoms with Crippen LogP contribution in [0.1, 0.15) is 10.4 Å². The Labute approximate surface area is 176 Å². The number of hydrogen-bond donors (Lipinski definition) is 1. The lowest BCUT2D eigenvalue weighted by atomic mass is 10.1. The average molecular weight is 449 g/mol. The number of nitrogens with zero attached hydrogens (tertiary/aromatic N) is 1. The molecule has 29 heavy (non-hydrogen) atoms. The Bertz CT molecular complexity index is 1150. The molecule has 0 bridgehead atoms. The minimum absolute atomic E-state index is 0.239. The summed E-state index contributed by atoms with van der Waals surface area (Å²) in [6, 6.07) is 22.2. The molecule has 0 aliphatic heterocycles. The van der Waals surface area contributed by atoms with Crippen LogP contribution in [0.4, 0.5) is 5.69 Å². The zero-order valence-corrected chi connectivity index (χ0v) is 17.1. The van der Waals surface area contributed by atoms with Crippen LogP contribution in [0.2, 0.25) is 0 Å². The highest BCUT2D eigenvalue weighted by Gasteiger charge is 2.17. The van der Waals surface area contributed by atoms with E-state index < -0.39 is 0 Å². The summed E-state index contributed by atoms with van der Waals surface area (Å²) >= 11 is 3.45. The Balaban J connectivity index is 1.64. The Morgan fingerprint density at radius 1 is 1.00 bits per heavy atom. The Morgan fingerprint density at radius 3 is 2.48 bits per heavy atom. The maximum absolute atomic E-state index is 12.9. The number of halogens is 1. The van der Waals surface area contributed by atoms with Gasteiger partial charge in [-0.3, -0.25) is 4.79 Å². The quantitative estimate of drug-likeness (QED) is 0.404. The van der Waals surface area contributed by atoms with Crippen molar-refractivity contribution in [3.8, 4) is 28.5 Å². The van der Waals surface area contributed by atoms with Crippen LogP contribution in [-0.4, -0.2) is 18.0 Å². The molecule has 0 radical (unpaired) electrons. The fourth-order valence-electron chi connectivity index (χ4n) is 2.91. The molecule has 4 rings (SSSR count). The Hall–Kier alpha value is -3.38. The van der Waals surface area contributed by atoms with Gasteiger partial charge >= 0.3 is 0 Å². The summed E-state index contributed by atoms with van der Waals surface area (Å²) in [6.07, 6.45) is 1.65. The maximum atomic E-state index is 12.9. The van der Waals surface area contributed by atoms with E-state index in [9.17, 15) is 4.79 Å². The number of carbonyl (C=O) groups is 1. The second kappa shape index (κ2) is 8.32. The number of amides is 1. The third kappa shape index (κ3) is 4.07. The predicted molar refractivity (Wildman–Crippen MR) is 116 cm³/mol. The van der Waals surface area contributed by atoms with Crippen molar-refractivity contribution in [3.05, 3.63) is 89.0 Å². The lowest BCUT2D eigenvalue weighted by Crippen LogP contribution is -2.13. The summed E-state index contributed by atoms with van der Waals surface area (Å²) in [4.78, 5) is 17.3. The Morgan fingerprint density at radius 2 is 1.72 bits per heavy atom. The molecule has 0 fully saturated rings. The van der Waals surface area contributed by atoms with Crippen molar-refractivity contribution in [2.45, 2.75) is 0 Å². The molecule has 0 atom stereocenters. The van der Waals surface area contributed by atoms with E-state index in [2.05, 4.69) is 26.2 Å². The van der Waals surface area contributed by atoms with Crippen LogP contribution in [0, 0.1) is 0 Å². The number of carbonyl (C=O) groups excluding carboxylic acids is 1. The van der Waals surface area contributed by atoms with Crippen molar-refractivity contribution in [2.75, 3.05) is 12.4 Å². The number of benzene rings is 3. The molecule has 4 aromatic rings. The van der Waals surface area contributed by atoms with E-state index in [0.29, 0.717) is 28.5 Å². The predicted octanol–water partition coefficient (Wildman–Crippen LogP) is 6.03. The highest BCUT2D eigenvalue weighted by molar-refractivity contribution is 9.10. The van der Waals surface area contributed by atoms with Gasteiger partial charge in [0, 0.05) is 15.6 Å². The minimum Gasteiger partial charge on any atom is -0.497 e. The Kier molecular flexibility index (Phi) is 5.44. The number of para-hydroxylation sites is 1. The van der Waals surface area contributed by atoms with Crippen LogP contribution >= 0.6 is 15.9 Å². The first kappa shape index (κ1) is 19.0. The summed E-state index contributed by atoms with van der Waals surface area (Å²) in [5.74, 6) is 1.52. The number of oxazole rings is 1. The van der Waals surface area contributed by atoms with Gasteiger partial charge < -0.3 is 14.5 Å². The molecule has 0 unspecified atom stereocenters. The van der Waals surface area contributed by atoms with E-state index in [0.717, 1.165) is 15.8 Å². The topological polar surface area (TPSA) is 64.4 Å². The SMILES string of the molecule is COc1ccc(-c2cnc(-c3ccccc3C(=O)Nc3ccccc3Br)o2)cc1. The monoisotopic (exact) mass is 448 g/mol. The lowest BCUT2D eigenvalue weighted by Gasteiger charge is -2.09. The van der Waals surface area contributed by atoms with Gasteiger partial charge in [0.2, 0.25) is 5.89 Å². The van der Waals surface area contributed by atoms with Crippen LogP contribution in [0.3, 0.4) is 0 Å². The molecule has 0 spiro atoms. The molecule has 1 aromatic heterocycles. The van der Waals surface area contributed by atoms with Gasteiger partial charge in [0.15, 0.2) is 5.76 Å². The molecule has 1 N–H and O–H groups in total. The van der Waals surface area contributed by atoms with Crippen molar-refractivity contribution in [1.82, 2.24) is 4.98 Å². The largest absolute Gasteiger partial charge is 0.497 e. The summed E-state index contributed by atoms with van der Waals surface area (Å²) in [7, 11) is 1.62. The van der Waals surface area contributed by atoms with Gasteiger partial charge in [-0.15, -0.1) is 0 Å². The van der Waals surface area contributed by atoms with Crippen molar-refractivity contribution in [3.63, 3.8) is 0 Å². The van der Waals surface area contributed by atoms with Gasteiger partial charge in [-0.2, -0.15) is 0 Å². The first-order valence-corrected chi connectivity index (χ1v) is 9.70. The molecule has 6 heteroatoms. The van der Waals surface area contributed by atoms with Gasteiger partial charge in [-0.05, 0) is 64.5 Å². The second-order valence-corrected chi connectivity index (χ2v) is 7.09. The number of methoxy groups -OCH3 is 1. The molecule has 0 aliphatic carbocycles. The first-order valence-electron chi connectivity index (χ1n) is 8.91. The molecule has 0 aliphatic rings. The maximum Gasteiger partial charge on any atom is 0.256 e. The number of ether oxygens (including phenoxy) is 1. The van der Waals surface area contributed by atoms with E-state index in [4.69, 9.17) is 9.15 Å². The van der Waals surface area contributed by atoms with Crippen molar-refractivity contribution in [2.24, 2.45) is 0 Å². The number of hydrogen-bond acceptors (Lipinski definition) is 4. The molecular formula is C23H17BrN2O3. The van der Waals surface area contributed by atoms with Gasteiger partial charge in [-0.1, -0.05) is 24.3 Å². The standard InChI is InChI=1S/C23H17BrN2O3/c1-28-16-12-10-15(11-13-16)21-14-25-23(29-21)18-7-3-2-6-17(18)22(27)26-20-9-5-4-8-19(20)24/h2-14H,1H3,(H,26,27). The smallest absolute Gasteiger partial charge is 0.256 e. The van der Waals surface area contributed by atoms with Crippen molar-refractivity contribution >= 4 is 27.5 Å².